The second kappa shape index (κ2) is 11.6. The van der Waals surface area contributed by atoms with E-state index in [2.05, 4.69) is 15.5 Å². The first-order chi connectivity index (χ1) is 17.0. The number of nitrogens with zero attached hydrogens (tertiary/aromatic N) is 1. The molecule has 2 N–H and O–H groups in total. The fourth-order valence-corrected chi connectivity index (χ4v) is 3.68. The summed E-state index contributed by atoms with van der Waals surface area (Å²) in [6.07, 6.45) is -1.35. The van der Waals surface area contributed by atoms with E-state index >= 15 is 0 Å². The molecule has 10 heteroatoms. The van der Waals surface area contributed by atoms with Gasteiger partial charge in [-0.2, -0.15) is 13.2 Å². The maximum absolute atomic E-state index is 13.4. The van der Waals surface area contributed by atoms with Crippen molar-refractivity contribution in [2.45, 2.75) is 50.4 Å². The number of methoxy groups -OCH3 is 1. The Morgan fingerprint density at radius 2 is 1.69 bits per heavy atom. The molecule has 2 amide bonds. The molecule has 2 aromatic rings. The average Bonchev–Trinajstić information content (AvgIpc) is 3.61. The van der Waals surface area contributed by atoms with Crippen LogP contribution in [0.5, 0.6) is 17.2 Å². The number of carbonyl (C=O) groups excluding carboxylic acids is 2. The van der Waals surface area contributed by atoms with Gasteiger partial charge in [-0.15, -0.1) is 0 Å². The molecule has 0 unspecified atom stereocenters. The smallest absolute Gasteiger partial charge is 0.420 e. The lowest BCUT2D eigenvalue weighted by Crippen LogP contribution is -2.48. The van der Waals surface area contributed by atoms with Crippen LogP contribution in [0.1, 0.15) is 43.2 Å². The van der Waals surface area contributed by atoms with Crippen LogP contribution >= 0.6 is 0 Å². The van der Waals surface area contributed by atoms with Crippen LogP contribution in [-0.2, 0) is 22.3 Å². The SMILES string of the molecule is COc1ccc(Oc2ccc(CNC(=O)C3(NC(=O)CCCCN(C)C)CC3)cc2)c(C(F)(F)F)c1. The molecule has 3 rings (SSSR count). The molecule has 2 aromatic carbocycles. The normalized spacial score (nSPS) is 14.3. The van der Waals surface area contributed by atoms with Gasteiger partial charge in [0.1, 0.15) is 28.4 Å². The summed E-state index contributed by atoms with van der Waals surface area (Å²) in [5.41, 5.74) is -1.04. The molecule has 0 aliphatic heterocycles. The van der Waals surface area contributed by atoms with Crippen LogP contribution < -0.4 is 20.1 Å². The molecular weight excluding hydrogens is 475 g/mol. The first-order valence-electron chi connectivity index (χ1n) is 11.8. The predicted molar refractivity (Wildman–Crippen MR) is 129 cm³/mol. The van der Waals surface area contributed by atoms with Crippen molar-refractivity contribution in [2.75, 3.05) is 27.7 Å². The number of amides is 2. The zero-order chi connectivity index (χ0) is 26.3. The number of halogens is 3. The standard InChI is InChI=1S/C26H32F3N3O4/c1-32(2)15-5-4-6-23(33)31-25(13-14-25)24(34)30-17-18-7-9-19(10-8-18)36-22-12-11-20(35-3)16-21(22)26(27,28)29/h7-12,16H,4-6,13-15,17H2,1-3H3,(H,30,34)(H,31,33). The van der Waals surface area contributed by atoms with Crippen molar-refractivity contribution >= 4 is 11.8 Å². The van der Waals surface area contributed by atoms with Crippen LogP contribution in [0.4, 0.5) is 13.2 Å². The van der Waals surface area contributed by atoms with Crippen molar-refractivity contribution in [3.8, 4) is 17.2 Å². The Kier molecular flexibility index (Phi) is 8.84. The Bertz CT molecular complexity index is 1050. The van der Waals surface area contributed by atoms with Crippen molar-refractivity contribution < 1.29 is 32.2 Å². The van der Waals surface area contributed by atoms with Gasteiger partial charge in [-0.05, 0) is 82.2 Å². The van der Waals surface area contributed by atoms with E-state index in [4.69, 9.17) is 9.47 Å². The van der Waals surface area contributed by atoms with Gasteiger partial charge in [-0.1, -0.05) is 12.1 Å². The number of hydrogen-bond acceptors (Lipinski definition) is 5. The van der Waals surface area contributed by atoms with E-state index < -0.39 is 17.3 Å². The molecule has 0 heterocycles. The number of ether oxygens (including phenoxy) is 2. The van der Waals surface area contributed by atoms with E-state index in [9.17, 15) is 22.8 Å². The largest absolute Gasteiger partial charge is 0.497 e. The van der Waals surface area contributed by atoms with Crippen LogP contribution in [0.15, 0.2) is 42.5 Å². The molecule has 1 saturated carbocycles. The van der Waals surface area contributed by atoms with Crippen LogP contribution in [0.2, 0.25) is 0 Å². The Morgan fingerprint density at radius 1 is 1.03 bits per heavy atom. The number of unbranched alkanes of at least 4 members (excludes halogenated alkanes) is 1. The third kappa shape index (κ3) is 7.61. The Morgan fingerprint density at radius 3 is 2.28 bits per heavy atom. The van der Waals surface area contributed by atoms with Gasteiger partial charge in [0.15, 0.2) is 0 Å². The van der Waals surface area contributed by atoms with E-state index in [0.717, 1.165) is 31.0 Å². The Balaban J connectivity index is 1.51. The van der Waals surface area contributed by atoms with Crippen molar-refractivity contribution in [1.29, 1.82) is 0 Å². The summed E-state index contributed by atoms with van der Waals surface area (Å²) in [5.74, 6) is -0.398. The molecule has 0 spiro atoms. The van der Waals surface area contributed by atoms with Crippen molar-refractivity contribution in [1.82, 2.24) is 15.5 Å². The van der Waals surface area contributed by atoms with Crippen molar-refractivity contribution in [2.24, 2.45) is 0 Å². The topological polar surface area (TPSA) is 79.9 Å². The maximum atomic E-state index is 13.4. The monoisotopic (exact) mass is 507 g/mol. The van der Waals surface area contributed by atoms with Crippen molar-refractivity contribution in [3.63, 3.8) is 0 Å². The molecule has 0 atom stereocenters. The number of benzene rings is 2. The molecule has 0 saturated heterocycles. The molecular formula is C26H32F3N3O4. The Hall–Kier alpha value is -3.27. The number of nitrogens with one attached hydrogen (secondary N) is 2. The molecule has 1 aliphatic rings. The minimum Gasteiger partial charge on any atom is -0.497 e. The summed E-state index contributed by atoms with van der Waals surface area (Å²) in [5, 5.41) is 5.70. The molecule has 0 aromatic heterocycles. The summed E-state index contributed by atoms with van der Waals surface area (Å²) in [6.45, 7) is 1.13. The lowest BCUT2D eigenvalue weighted by Gasteiger charge is -2.18. The van der Waals surface area contributed by atoms with Crippen LogP contribution in [0, 0.1) is 0 Å². The second-order valence-electron chi connectivity index (χ2n) is 9.18. The fourth-order valence-electron chi connectivity index (χ4n) is 3.68. The van der Waals surface area contributed by atoms with E-state index in [0.29, 0.717) is 19.3 Å². The van der Waals surface area contributed by atoms with Crippen LogP contribution in [-0.4, -0.2) is 50.0 Å². The number of rotatable bonds is 12. The summed E-state index contributed by atoms with van der Waals surface area (Å²) in [7, 11) is 5.25. The molecule has 196 valence electrons. The third-order valence-electron chi connectivity index (χ3n) is 5.92. The first-order valence-corrected chi connectivity index (χ1v) is 11.8. The van der Waals surface area contributed by atoms with Gasteiger partial charge in [-0.3, -0.25) is 9.59 Å². The Labute approximate surface area is 208 Å². The highest BCUT2D eigenvalue weighted by atomic mass is 19.4. The lowest BCUT2D eigenvalue weighted by atomic mass is 10.1. The summed E-state index contributed by atoms with van der Waals surface area (Å²) in [6, 6.07) is 9.88. The molecule has 1 fully saturated rings. The minimum absolute atomic E-state index is 0.0784. The predicted octanol–water partition coefficient (Wildman–Crippen LogP) is 4.50. The molecule has 0 bridgehead atoms. The van der Waals surface area contributed by atoms with Gasteiger partial charge in [0.2, 0.25) is 11.8 Å². The second-order valence-corrected chi connectivity index (χ2v) is 9.18. The summed E-state index contributed by atoms with van der Waals surface area (Å²) >= 11 is 0. The highest BCUT2D eigenvalue weighted by molar-refractivity contribution is 5.94. The van der Waals surface area contributed by atoms with Gasteiger partial charge in [-0.25, -0.2) is 0 Å². The summed E-state index contributed by atoms with van der Waals surface area (Å²) < 4.78 is 50.5. The number of carbonyl (C=O) groups is 2. The van der Waals surface area contributed by atoms with Crippen molar-refractivity contribution in [3.05, 3.63) is 53.6 Å². The quantitative estimate of drug-likeness (QED) is 0.414. The van der Waals surface area contributed by atoms with Gasteiger partial charge in [0.05, 0.1) is 7.11 Å². The van der Waals surface area contributed by atoms with Gasteiger partial charge >= 0.3 is 6.18 Å². The maximum Gasteiger partial charge on any atom is 0.420 e. The average molecular weight is 508 g/mol. The minimum atomic E-state index is -4.60. The highest BCUT2D eigenvalue weighted by Gasteiger charge is 2.50. The molecule has 0 radical (unpaired) electrons. The van der Waals surface area contributed by atoms with Gasteiger partial charge < -0.3 is 25.0 Å². The highest BCUT2D eigenvalue weighted by Crippen LogP contribution is 2.40. The molecule has 1 aliphatic carbocycles. The van der Waals surface area contributed by atoms with Crippen LogP contribution in [0.25, 0.3) is 0 Å². The van der Waals surface area contributed by atoms with Gasteiger partial charge in [0.25, 0.3) is 0 Å². The van der Waals surface area contributed by atoms with E-state index in [-0.39, 0.29) is 35.6 Å². The van der Waals surface area contributed by atoms with E-state index in [1.807, 2.05) is 14.1 Å². The first kappa shape index (κ1) is 27.3. The zero-order valence-electron chi connectivity index (χ0n) is 20.7. The number of hydrogen-bond donors (Lipinski definition) is 2. The third-order valence-corrected chi connectivity index (χ3v) is 5.92. The van der Waals surface area contributed by atoms with Gasteiger partial charge in [0, 0.05) is 13.0 Å². The molecule has 7 nitrogen and oxygen atoms in total. The fraction of sp³-hybridized carbons (Fsp3) is 0.462. The lowest BCUT2D eigenvalue weighted by molar-refractivity contribution is -0.138. The van der Waals surface area contributed by atoms with Crippen LogP contribution in [0.3, 0.4) is 0 Å². The zero-order valence-corrected chi connectivity index (χ0v) is 20.7. The number of alkyl halides is 3. The summed E-state index contributed by atoms with van der Waals surface area (Å²) in [4.78, 5) is 27.0. The van der Waals surface area contributed by atoms with E-state index in [1.165, 1.54) is 31.4 Å². The molecule has 36 heavy (non-hydrogen) atoms. The van der Waals surface area contributed by atoms with E-state index in [1.54, 1.807) is 12.1 Å².